The second-order valence-corrected chi connectivity index (χ2v) is 8.85. The lowest BCUT2D eigenvalue weighted by Gasteiger charge is -2.14. The summed E-state index contributed by atoms with van der Waals surface area (Å²) in [5.41, 5.74) is 2.53. The molecule has 0 saturated carbocycles. The Labute approximate surface area is 196 Å². The maximum atomic E-state index is 12.9. The number of nitrogens with zero attached hydrogens (tertiary/aromatic N) is 1. The van der Waals surface area contributed by atoms with Crippen LogP contribution in [0.1, 0.15) is 11.1 Å². The van der Waals surface area contributed by atoms with Crippen LogP contribution in [-0.4, -0.2) is 27.6 Å². The van der Waals surface area contributed by atoms with Crippen molar-refractivity contribution in [2.75, 3.05) is 11.9 Å². The van der Waals surface area contributed by atoms with Crippen molar-refractivity contribution in [2.24, 2.45) is 0 Å². The van der Waals surface area contributed by atoms with Crippen molar-refractivity contribution in [1.82, 2.24) is 4.90 Å². The smallest absolute Gasteiger partial charge is 0.266 e. The SMILES string of the molecule is Cc1cccc(NC(=O)CN2C(=O)/C(=C/c3cccc(Oc4ccccc4)c3)SC2=S)c1. The lowest BCUT2D eigenvalue weighted by Crippen LogP contribution is -2.36. The highest BCUT2D eigenvalue weighted by molar-refractivity contribution is 8.26. The molecule has 3 aromatic rings. The number of anilines is 1. The molecule has 2 amide bonds. The molecule has 1 aliphatic heterocycles. The van der Waals surface area contributed by atoms with E-state index in [1.165, 1.54) is 16.7 Å². The number of benzene rings is 3. The first-order chi connectivity index (χ1) is 15.5. The molecule has 1 heterocycles. The van der Waals surface area contributed by atoms with Gasteiger partial charge in [0.1, 0.15) is 22.4 Å². The zero-order valence-electron chi connectivity index (χ0n) is 17.3. The van der Waals surface area contributed by atoms with Crippen LogP contribution in [0.2, 0.25) is 0 Å². The lowest BCUT2D eigenvalue weighted by molar-refractivity contribution is -0.126. The molecule has 0 atom stereocenters. The van der Waals surface area contributed by atoms with Gasteiger partial charge in [0.05, 0.1) is 4.91 Å². The Morgan fingerprint density at radius 1 is 1.03 bits per heavy atom. The third-order valence-corrected chi connectivity index (χ3v) is 5.99. The molecule has 7 heteroatoms. The number of thiocarbonyl (C=S) groups is 1. The fourth-order valence-electron chi connectivity index (χ4n) is 3.15. The highest BCUT2D eigenvalue weighted by atomic mass is 32.2. The third-order valence-electron chi connectivity index (χ3n) is 4.61. The Morgan fingerprint density at radius 2 is 1.78 bits per heavy atom. The Bertz CT molecular complexity index is 1210. The molecular formula is C25H20N2O3S2. The highest BCUT2D eigenvalue weighted by Crippen LogP contribution is 2.33. The van der Waals surface area contributed by atoms with E-state index in [0.29, 0.717) is 20.7 Å². The van der Waals surface area contributed by atoms with Crippen LogP contribution in [0.15, 0.2) is 83.8 Å². The van der Waals surface area contributed by atoms with E-state index in [9.17, 15) is 9.59 Å². The molecule has 1 fully saturated rings. The van der Waals surface area contributed by atoms with Crippen molar-refractivity contribution < 1.29 is 14.3 Å². The molecule has 0 aliphatic carbocycles. The van der Waals surface area contributed by atoms with Gasteiger partial charge in [0.15, 0.2) is 0 Å². The third kappa shape index (κ3) is 5.43. The van der Waals surface area contributed by atoms with Crippen LogP contribution >= 0.6 is 24.0 Å². The zero-order chi connectivity index (χ0) is 22.5. The summed E-state index contributed by atoms with van der Waals surface area (Å²) < 4.78 is 6.22. The first-order valence-electron chi connectivity index (χ1n) is 9.93. The number of thioether (sulfide) groups is 1. The maximum Gasteiger partial charge on any atom is 0.266 e. The van der Waals surface area contributed by atoms with Crippen molar-refractivity contribution in [3.05, 3.63) is 94.9 Å². The monoisotopic (exact) mass is 460 g/mol. The van der Waals surface area contributed by atoms with E-state index < -0.39 is 0 Å². The number of nitrogens with one attached hydrogen (secondary N) is 1. The lowest BCUT2D eigenvalue weighted by atomic mass is 10.2. The maximum absolute atomic E-state index is 12.9. The van der Waals surface area contributed by atoms with Crippen LogP contribution in [0.3, 0.4) is 0 Å². The Hall–Kier alpha value is -3.42. The van der Waals surface area contributed by atoms with Gasteiger partial charge in [-0.25, -0.2) is 0 Å². The minimum absolute atomic E-state index is 0.132. The topological polar surface area (TPSA) is 58.6 Å². The minimum Gasteiger partial charge on any atom is -0.457 e. The normalized spacial score (nSPS) is 14.7. The number of hydrogen-bond donors (Lipinski definition) is 1. The Kier molecular flexibility index (Phi) is 6.68. The molecule has 5 nitrogen and oxygen atoms in total. The van der Waals surface area contributed by atoms with Crippen LogP contribution in [0.5, 0.6) is 11.5 Å². The van der Waals surface area contributed by atoms with Crippen molar-refractivity contribution in [2.45, 2.75) is 6.92 Å². The van der Waals surface area contributed by atoms with E-state index >= 15 is 0 Å². The molecule has 0 radical (unpaired) electrons. The fraction of sp³-hybridized carbons (Fsp3) is 0.0800. The Balaban J connectivity index is 1.44. The average molecular weight is 461 g/mol. The molecule has 32 heavy (non-hydrogen) atoms. The molecule has 0 bridgehead atoms. The van der Waals surface area contributed by atoms with Crippen LogP contribution in [0.25, 0.3) is 6.08 Å². The molecule has 4 rings (SSSR count). The average Bonchev–Trinajstić information content (AvgIpc) is 3.02. The molecule has 1 saturated heterocycles. The number of para-hydroxylation sites is 1. The number of aryl methyl sites for hydroxylation is 1. The van der Waals surface area contributed by atoms with Gasteiger partial charge >= 0.3 is 0 Å². The number of carbonyl (C=O) groups is 2. The summed E-state index contributed by atoms with van der Waals surface area (Å²) >= 11 is 6.53. The fourth-order valence-corrected chi connectivity index (χ4v) is 4.40. The number of amides is 2. The van der Waals surface area contributed by atoms with Crippen molar-refractivity contribution in [1.29, 1.82) is 0 Å². The Morgan fingerprint density at radius 3 is 2.56 bits per heavy atom. The highest BCUT2D eigenvalue weighted by Gasteiger charge is 2.33. The predicted octanol–water partition coefficient (Wildman–Crippen LogP) is 5.63. The molecule has 160 valence electrons. The van der Waals surface area contributed by atoms with Crippen LogP contribution in [-0.2, 0) is 9.59 Å². The molecule has 0 unspecified atom stereocenters. The zero-order valence-corrected chi connectivity index (χ0v) is 18.9. The quantitative estimate of drug-likeness (QED) is 0.382. The van der Waals surface area contributed by atoms with Gasteiger partial charge in [-0.05, 0) is 60.5 Å². The summed E-state index contributed by atoms with van der Waals surface area (Å²) in [5, 5.41) is 2.81. The van der Waals surface area contributed by atoms with E-state index in [2.05, 4.69) is 5.32 Å². The van der Waals surface area contributed by atoms with Crippen molar-refractivity contribution in [3.63, 3.8) is 0 Å². The molecule has 1 aliphatic rings. The number of ether oxygens (including phenoxy) is 1. The standard InChI is InChI=1S/C25H20N2O3S2/c1-17-7-5-9-19(13-17)26-23(28)16-27-24(29)22(32-25(27)31)15-18-8-6-12-21(14-18)30-20-10-3-2-4-11-20/h2-15H,16H2,1H3,(H,26,28)/b22-15-. The molecule has 0 aromatic heterocycles. The molecule has 3 aromatic carbocycles. The summed E-state index contributed by atoms with van der Waals surface area (Å²) in [4.78, 5) is 27.1. The molecular weight excluding hydrogens is 440 g/mol. The van der Waals surface area contributed by atoms with E-state index in [0.717, 1.165) is 16.9 Å². The van der Waals surface area contributed by atoms with E-state index in [-0.39, 0.29) is 18.4 Å². The van der Waals surface area contributed by atoms with Crippen molar-refractivity contribution in [3.8, 4) is 11.5 Å². The summed E-state index contributed by atoms with van der Waals surface area (Å²) in [6.07, 6.45) is 1.76. The van der Waals surface area contributed by atoms with E-state index in [1.807, 2.05) is 79.7 Å². The summed E-state index contributed by atoms with van der Waals surface area (Å²) in [6.45, 7) is 1.81. The minimum atomic E-state index is -0.300. The first kappa shape index (κ1) is 21.8. The second kappa shape index (κ2) is 9.80. The largest absolute Gasteiger partial charge is 0.457 e. The van der Waals surface area contributed by atoms with Gasteiger partial charge in [-0.1, -0.05) is 66.4 Å². The molecule has 0 spiro atoms. The van der Waals surface area contributed by atoms with Gasteiger partial charge < -0.3 is 10.1 Å². The van der Waals surface area contributed by atoms with Crippen LogP contribution in [0, 0.1) is 6.92 Å². The van der Waals surface area contributed by atoms with Crippen LogP contribution < -0.4 is 10.1 Å². The van der Waals surface area contributed by atoms with Gasteiger partial charge in [-0.2, -0.15) is 0 Å². The van der Waals surface area contributed by atoms with Gasteiger partial charge in [0, 0.05) is 5.69 Å². The van der Waals surface area contributed by atoms with Gasteiger partial charge in [-0.15, -0.1) is 0 Å². The first-order valence-corrected chi connectivity index (χ1v) is 11.2. The van der Waals surface area contributed by atoms with Gasteiger partial charge in [0.25, 0.3) is 5.91 Å². The van der Waals surface area contributed by atoms with Crippen molar-refractivity contribution >= 4 is 51.9 Å². The second-order valence-electron chi connectivity index (χ2n) is 7.17. The van der Waals surface area contributed by atoms with Gasteiger partial charge in [-0.3, -0.25) is 14.5 Å². The predicted molar refractivity (Wildman–Crippen MR) is 133 cm³/mol. The van der Waals surface area contributed by atoms with E-state index in [4.69, 9.17) is 17.0 Å². The van der Waals surface area contributed by atoms with Crippen LogP contribution in [0.4, 0.5) is 5.69 Å². The van der Waals surface area contributed by atoms with Gasteiger partial charge in [0.2, 0.25) is 5.91 Å². The molecule has 1 N–H and O–H groups in total. The number of rotatable bonds is 6. The summed E-state index contributed by atoms with van der Waals surface area (Å²) in [6, 6.07) is 24.4. The number of carbonyl (C=O) groups excluding carboxylic acids is 2. The summed E-state index contributed by atoms with van der Waals surface area (Å²) in [5.74, 6) is 0.814. The van der Waals surface area contributed by atoms with E-state index in [1.54, 1.807) is 12.1 Å². The number of hydrogen-bond acceptors (Lipinski definition) is 5. The summed E-state index contributed by atoms with van der Waals surface area (Å²) in [7, 11) is 0.